The van der Waals surface area contributed by atoms with Crippen LogP contribution in [-0.4, -0.2) is 25.3 Å². The SMILES string of the molecule is O=C(N/N=C\c1ccccc1C(F)(F)F)c1ccccc1OCCOc1ccccc1. The summed E-state index contributed by atoms with van der Waals surface area (Å²) in [5.74, 6) is 0.397. The number of nitrogens with one attached hydrogen (secondary N) is 1. The van der Waals surface area contributed by atoms with E-state index in [2.05, 4.69) is 10.5 Å². The zero-order valence-electron chi connectivity index (χ0n) is 16.3. The summed E-state index contributed by atoms with van der Waals surface area (Å²) in [5, 5.41) is 3.66. The van der Waals surface area contributed by atoms with Crippen LogP contribution >= 0.6 is 0 Å². The van der Waals surface area contributed by atoms with Crippen molar-refractivity contribution in [2.75, 3.05) is 13.2 Å². The van der Waals surface area contributed by atoms with E-state index in [1.54, 1.807) is 18.2 Å². The first kappa shape index (κ1) is 21.9. The Kier molecular flexibility index (Phi) is 7.26. The summed E-state index contributed by atoms with van der Waals surface area (Å²) in [5.41, 5.74) is 1.44. The molecule has 1 amide bonds. The van der Waals surface area contributed by atoms with Gasteiger partial charge in [-0.1, -0.05) is 48.5 Å². The van der Waals surface area contributed by atoms with Gasteiger partial charge < -0.3 is 9.47 Å². The molecule has 31 heavy (non-hydrogen) atoms. The number of rotatable bonds is 8. The summed E-state index contributed by atoms with van der Waals surface area (Å²) in [6, 6.07) is 20.7. The predicted octanol–water partition coefficient (Wildman–Crippen LogP) is 4.93. The van der Waals surface area contributed by atoms with E-state index in [-0.39, 0.29) is 24.3 Å². The van der Waals surface area contributed by atoms with Crippen molar-refractivity contribution in [3.05, 3.63) is 95.6 Å². The van der Waals surface area contributed by atoms with E-state index in [4.69, 9.17) is 9.47 Å². The lowest BCUT2D eigenvalue weighted by molar-refractivity contribution is -0.137. The number of hydrazone groups is 1. The molecule has 0 spiro atoms. The minimum Gasteiger partial charge on any atom is -0.490 e. The third-order valence-electron chi connectivity index (χ3n) is 4.12. The van der Waals surface area contributed by atoms with Crippen molar-refractivity contribution in [1.82, 2.24) is 5.43 Å². The number of amides is 1. The summed E-state index contributed by atoms with van der Waals surface area (Å²) in [7, 11) is 0. The van der Waals surface area contributed by atoms with Gasteiger partial charge in [-0.3, -0.25) is 4.79 Å². The summed E-state index contributed by atoms with van der Waals surface area (Å²) >= 11 is 0. The van der Waals surface area contributed by atoms with Crippen molar-refractivity contribution in [2.45, 2.75) is 6.18 Å². The van der Waals surface area contributed by atoms with Crippen molar-refractivity contribution < 1.29 is 27.4 Å². The summed E-state index contributed by atoms with van der Waals surface area (Å²) in [4.78, 5) is 12.4. The van der Waals surface area contributed by atoms with Crippen LogP contribution in [0.25, 0.3) is 0 Å². The monoisotopic (exact) mass is 428 g/mol. The van der Waals surface area contributed by atoms with Gasteiger partial charge in [0.1, 0.15) is 24.7 Å². The van der Waals surface area contributed by atoms with Gasteiger partial charge in [0.15, 0.2) is 0 Å². The Hall–Kier alpha value is -3.81. The maximum Gasteiger partial charge on any atom is 0.417 e. The molecule has 0 saturated heterocycles. The average molecular weight is 428 g/mol. The van der Waals surface area contributed by atoms with E-state index in [1.165, 1.54) is 24.3 Å². The van der Waals surface area contributed by atoms with Gasteiger partial charge >= 0.3 is 6.18 Å². The first-order chi connectivity index (χ1) is 14.9. The van der Waals surface area contributed by atoms with Crippen LogP contribution in [-0.2, 0) is 6.18 Å². The standard InChI is InChI=1S/C23H19F3N2O3/c24-23(25,26)20-12-6-4-8-17(20)16-27-28-22(29)19-11-5-7-13-21(19)31-15-14-30-18-9-2-1-3-10-18/h1-13,16H,14-15H2,(H,28,29)/b27-16-. The van der Waals surface area contributed by atoms with Gasteiger partial charge in [0.2, 0.25) is 0 Å². The van der Waals surface area contributed by atoms with E-state index >= 15 is 0 Å². The zero-order valence-corrected chi connectivity index (χ0v) is 16.3. The third kappa shape index (κ3) is 6.33. The number of para-hydroxylation sites is 2. The summed E-state index contributed by atoms with van der Waals surface area (Å²) in [6.45, 7) is 0.466. The lowest BCUT2D eigenvalue weighted by atomic mass is 10.1. The topological polar surface area (TPSA) is 59.9 Å². The molecule has 5 nitrogen and oxygen atoms in total. The molecule has 8 heteroatoms. The van der Waals surface area contributed by atoms with Gasteiger partial charge in [-0.05, 0) is 30.3 Å². The number of carbonyl (C=O) groups excluding carboxylic acids is 1. The number of benzene rings is 3. The fourth-order valence-corrected chi connectivity index (χ4v) is 2.70. The Labute approximate surface area is 177 Å². The molecule has 0 radical (unpaired) electrons. The third-order valence-corrected chi connectivity index (χ3v) is 4.12. The highest BCUT2D eigenvalue weighted by Gasteiger charge is 2.32. The highest BCUT2D eigenvalue weighted by Crippen LogP contribution is 2.31. The maximum atomic E-state index is 13.0. The smallest absolute Gasteiger partial charge is 0.417 e. The second-order valence-corrected chi connectivity index (χ2v) is 6.29. The lowest BCUT2D eigenvalue weighted by Gasteiger charge is -2.11. The van der Waals surface area contributed by atoms with Crippen molar-refractivity contribution in [3.8, 4) is 11.5 Å². The van der Waals surface area contributed by atoms with Crippen LogP contribution in [0.3, 0.4) is 0 Å². The molecule has 0 fully saturated rings. The molecule has 1 N–H and O–H groups in total. The predicted molar refractivity (Wildman–Crippen MR) is 110 cm³/mol. The molecule has 3 aromatic rings. The van der Waals surface area contributed by atoms with Crippen molar-refractivity contribution in [1.29, 1.82) is 0 Å². The van der Waals surface area contributed by atoms with Gasteiger partial charge in [0.25, 0.3) is 5.91 Å². The number of carbonyl (C=O) groups is 1. The molecular formula is C23H19F3N2O3. The summed E-state index contributed by atoms with van der Waals surface area (Å²) < 4.78 is 50.3. The molecule has 3 rings (SSSR count). The van der Waals surface area contributed by atoms with Gasteiger partial charge in [0.05, 0.1) is 17.3 Å². The Bertz CT molecular complexity index is 1040. The lowest BCUT2D eigenvalue weighted by Crippen LogP contribution is -2.20. The maximum absolute atomic E-state index is 13.0. The molecule has 0 bridgehead atoms. The molecule has 0 aromatic heterocycles. The van der Waals surface area contributed by atoms with E-state index < -0.39 is 17.6 Å². The van der Waals surface area contributed by atoms with Gasteiger partial charge in [-0.15, -0.1) is 0 Å². The van der Waals surface area contributed by atoms with Gasteiger partial charge in [-0.25, -0.2) is 5.43 Å². The number of hydrogen-bond donors (Lipinski definition) is 1. The first-order valence-electron chi connectivity index (χ1n) is 9.34. The van der Waals surface area contributed by atoms with Gasteiger partial charge in [0, 0.05) is 5.56 Å². The molecule has 0 aliphatic heterocycles. The number of hydrogen-bond acceptors (Lipinski definition) is 4. The number of ether oxygens (including phenoxy) is 2. The molecular weight excluding hydrogens is 409 g/mol. The van der Waals surface area contributed by atoms with Crippen LogP contribution in [0.4, 0.5) is 13.2 Å². The highest BCUT2D eigenvalue weighted by atomic mass is 19.4. The minimum atomic E-state index is -4.52. The Morgan fingerprint density at radius 2 is 1.52 bits per heavy atom. The van der Waals surface area contributed by atoms with Crippen LogP contribution in [0.15, 0.2) is 84.0 Å². The molecule has 0 aliphatic rings. The van der Waals surface area contributed by atoms with Crippen LogP contribution in [0.1, 0.15) is 21.5 Å². The molecule has 3 aromatic carbocycles. The average Bonchev–Trinajstić information content (AvgIpc) is 2.77. The normalized spacial score (nSPS) is 11.3. The van der Waals surface area contributed by atoms with Crippen LogP contribution in [0.5, 0.6) is 11.5 Å². The van der Waals surface area contributed by atoms with E-state index in [0.29, 0.717) is 11.5 Å². The van der Waals surface area contributed by atoms with E-state index in [9.17, 15) is 18.0 Å². The molecule has 0 atom stereocenters. The fraction of sp³-hybridized carbons (Fsp3) is 0.130. The Morgan fingerprint density at radius 3 is 2.29 bits per heavy atom. The number of alkyl halides is 3. The van der Waals surface area contributed by atoms with Gasteiger partial charge in [-0.2, -0.15) is 18.3 Å². The highest BCUT2D eigenvalue weighted by molar-refractivity contribution is 5.97. The summed E-state index contributed by atoms with van der Waals surface area (Å²) in [6.07, 6.45) is -3.56. The van der Waals surface area contributed by atoms with Crippen molar-refractivity contribution in [2.24, 2.45) is 5.10 Å². The second-order valence-electron chi connectivity index (χ2n) is 6.29. The fourth-order valence-electron chi connectivity index (χ4n) is 2.70. The molecule has 0 aliphatic carbocycles. The Balaban J connectivity index is 1.59. The molecule has 160 valence electrons. The molecule has 0 unspecified atom stereocenters. The quantitative estimate of drug-likeness (QED) is 0.315. The zero-order chi connectivity index (χ0) is 22.1. The largest absolute Gasteiger partial charge is 0.490 e. The van der Waals surface area contributed by atoms with E-state index in [0.717, 1.165) is 12.3 Å². The van der Waals surface area contributed by atoms with E-state index in [1.807, 2.05) is 30.3 Å². The molecule has 0 saturated carbocycles. The first-order valence-corrected chi connectivity index (χ1v) is 9.34. The minimum absolute atomic E-state index is 0.155. The van der Waals surface area contributed by atoms with Crippen molar-refractivity contribution >= 4 is 12.1 Å². The van der Waals surface area contributed by atoms with Crippen LogP contribution < -0.4 is 14.9 Å². The molecule has 0 heterocycles. The number of nitrogens with zero attached hydrogens (tertiary/aromatic N) is 1. The van der Waals surface area contributed by atoms with Crippen LogP contribution in [0.2, 0.25) is 0 Å². The second kappa shape index (κ2) is 10.3. The number of halogens is 3. The Morgan fingerprint density at radius 1 is 0.871 bits per heavy atom. The van der Waals surface area contributed by atoms with Crippen LogP contribution in [0, 0.1) is 0 Å². The van der Waals surface area contributed by atoms with Crippen molar-refractivity contribution in [3.63, 3.8) is 0 Å².